The number of carbonyl (C=O) groups is 1. The maximum atomic E-state index is 12.7. The van der Waals surface area contributed by atoms with Crippen LogP contribution in [-0.2, 0) is 29.2 Å². The van der Waals surface area contributed by atoms with Crippen LogP contribution in [0.2, 0.25) is 0 Å². The molecule has 0 radical (unpaired) electrons. The highest BCUT2D eigenvalue weighted by atomic mass is 16.5. The van der Waals surface area contributed by atoms with E-state index in [0.29, 0.717) is 29.5 Å². The molecular formula is C28H36N4O4. The van der Waals surface area contributed by atoms with Gasteiger partial charge in [0.05, 0.1) is 20.3 Å². The summed E-state index contributed by atoms with van der Waals surface area (Å²) in [5.74, 6) is 1.26. The van der Waals surface area contributed by atoms with Crippen LogP contribution in [0.15, 0.2) is 54.2 Å². The van der Waals surface area contributed by atoms with Crippen molar-refractivity contribution in [2.75, 3.05) is 40.5 Å². The third-order valence-corrected chi connectivity index (χ3v) is 6.43. The molecule has 0 bridgehead atoms. The van der Waals surface area contributed by atoms with Gasteiger partial charge in [0.25, 0.3) is 5.91 Å². The number of hydrogen-bond acceptors (Lipinski definition) is 7. The van der Waals surface area contributed by atoms with Crippen molar-refractivity contribution in [1.29, 1.82) is 5.41 Å². The number of likely N-dealkylation sites (N-methyl/N-ethyl adjacent to an activating group) is 1. The Morgan fingerprint density at radius 3 is 2.64 bits per heavy atom. The van der Waals surface area contributed by atoms with E-state index in [2.05, 4.69) is 39.8 Å². The van der Waals surface area contributed by atoms with Crippen molar-refractivity contribution in [1.82, 2.24) is 15.5 Å². The number of hydrogen-bond donors (Lipinski definition) is 3. The normalized spacial score (nSPS) is 16.3. The van der Waals surface area contributed by atoms with Gasteiger partial charge in [0.2, 0.25) is 0 Å². The molecule has 2 aromatic rings. The summed E-state index contributed by atoms with van der Waals surface area (Å²) in [6.07, 6.45) is 3.67. The van der Waals surface area contributed by atoms with Crippen molar-refractivity contribution >= 4 is 11.6 Å². The minimum atomic E-state index is -0.256. The third kappa shape index (κ3) is 7.08. The smallest absolute Gasteiger partial charge is 0.267 e. The molecule has 1 aliphatic heterocycles. The number of carbonyl (C=O) groups excluding carboxylic acids is 1. The van der Waals surface area contributed by atoms with E-state index in [-0.39, 0.29) is 18.4 Å². The van der Waals surface area contributed by atoms with Gasteiger partial charge in [0.1, 0.15) is 12.3 Å². The first-order chi connectivity index (χ1) is 17.6. The molecule has 4 rings (SSSR count). The number of benzene rings is 2. The van der Waals surface area contributed by atoms with Crippen LogP contribution in [0.5, 0.6) is 11.5 Å². The molecule has 8 heteroatoms. The topological polar surface area (TPSA) is 95.9 Å². The molecule has 8 nitrogen and oxygen atoms in total. The minimum absolute atomic E-state index is 0.256. The molecule has 36 heavy (non-hydrogen) atoms. The Labute approximate surface area is 213 Å². The lowest BCUT2D eigenvalue weighted by atomic mass is 10.1. The number of amides is 1. The third-order valence-electron chi connectivity index (χ3n) is 6.43. The van der Waals surface area contributed by atoms with Crippen LogP contribution < -0.4 is 20.1 Å². The highest BCUT2D eigenvalue weighted by Gasteiger charge is 2.26. The quantitative estimate of drug-likeness (QED) is 0.311. The number of morpholine rings is 1. The first-order valence-electron chi connectivity index (χ1n) is 12.5. The molecule has 0 aromatic heterocycles. The maximum absolute atomic E-state index is 12.7. The Balaban J connectivity index is 1.36. The van der Waals surface area contributed by atoms with E-state index in [0.717, 1.165) is 56.8 Å². The maximum Gasteiger partial charge on any atom is 0.267 e. The second-order valence-electron chi connectivity index (χ2n) is 9.17. The molecule has 1 aliphatic carbocycles. The van der Waals surface area contributed by atoms with Crippen LogP contribution in [0, 0.1) is 11.3 Å². The van der Waals surface area contributed by atoms with Crippen molar-refractivity contribution in [3.05, 3.63) is 70.9 Å². The van der Waals surface area contributed by atoms with Crippen LogP contribution in [0.4, 0.5) is 0 Å². The van der Waals surface area contributed by atoms with Crippen molar-refractivity contribution in [2.24, 2.45) is 5.92 Å². The Morgan fingerprint density at radius 1 is 1.17 bits per heavy atom. The second kappa shape index (κ2) is 12.6. The molecule has 0 unspecified atom stereocenters. The van der Waals surface area contributed by atoms with Gasteiger partial charge in [-0.15, -0.1) is 0 Å². The number of para-hydroxylation sites is 1. The number of methoxy groups -OCH3 is 1. The Kier molecular flexibility index (Phi) is 8.97. The zero-order valence-corrected chi connectivity index (χ0v) is 21.1. The Bertz CT molecular complexity index is 1090. The Hall–Kier alpha value is -3.36. The first-order valence-corrected chi connectivity index (χ1v) is 12.5. The van der Waals surface area contributed by atoms with E-state index >= 15 is 0 Å². The predicted octanol–water partition coefficient (Wildman–Crippen LogP) is 3.26. The predicted molar refractivity (Wildman–Crippen MR) is 139 cm³/mol. The van der Waals surface area contributed by atoms with Gasteiger partial charge in [-0.2, -0.15) is 0 Å². The van der Waals surface area contributed by atoms with E-state index in [1.807, 2.05) is 18.2 Å². The minimum Gasteiger partial charge on any atom is -0.493 e. The molecule has 2 aromatic carbocycles. The fourth-order valence-corrected chi connectivity index (χ4v) is 4.23. The van der Waals surface area contributed by atoms with Crippen LogP contribution in [0.1, 0.15) is 29.5 Å². The molecule has 1 heterocycles. The molecule has 192 valence electrons. The number of rotatable bonds is 12. The lowest BCUT2D eigenvalue weighted by Crippen LogP contribution is -2.35. The van der Waals surface area contributed by atoms with Gasteiger partial charge in [-0.1, -0.05) is 36.4 Å². The highest BCUT2D eigenvalue weighted by Crippen LogP contribution is 2.32. The summed E-state index contributed by atoms with van der Waals surface area (Å²) in [4.78, 5) is 15.1. The summed E-state index contributed by atoms with van der Waals surface area (Å²) >= 11 is 0. The van der Waals surface area contributed by atoms with E-state index in [1.54, 1.807) is 20.2 Å². The highest BCUT2D eigenvalue weighted by molar-refractivity contribution is 6.04. The zero-order chi connectivity index (χ0) is 25.3. The monoisotopic (exact) mass is 492 g/mol. The van der Waals surface area contributed by atoms with Crippen LogP contribution in [0.25, 0.3) is 0 Å². The molecule has 1 saturated heterocycles. The SMILES string of the molecule is CN/C(=C\C(=N)C1CC1)C(=O)NCc1cccc(OCc2cccc(CN3CCOCC3)c2)c1OC. The average Bonchev–Trinajstić information content (AvgIpc) is 3.75. The van der Waals surface area contributed by atoms with Gasteiger partial charge >= 0.3 is 0 Å². The van der Waals surface area contributed by atoms with E-state index in [9.17, 15) is 4.79 Å². The van der Waals surface area contributed by atoms with Gasteiger partial charge < -0.3 is 30.3 Å². The largest absolute Gasteiger partial charge is 0.493 e. The lowest BCUT2D eigenvalue weighted by Gasteiger charge is -2.26. The lowest BCUT2D eigenvalue weighted by molar-refractivity contribution is -0.118. The summed E-state index contributed by atoms with van der Waals surface area (Å²) in [5.41, 5.74) is 4.04. The van der Waals surface area contributed by atoms with E-state index < -0.39 is 0 Å². The summed E-state index contributed by atoms with van der Waals surface area (Å²) in [6.45, 7) is 5.08. The number of allylic oxidation sites excluding steroid dienone is 1. The summed E-state index contributed by atoms with van der Waals surface area (Å²) in [7, 11) is 3.29. The van der Waals surface area contributed by atoms with Gasteiger partial charge in [0.15, 0.2) is 11.5 Å². The zero-order valence-electron chi connectivity index (χ0n) is 21.1. The number of nitrogens with zero attached hydrogens (tertiary/aromatic N) is 1. The van der Waals surface area contributed by atoms with Crippen molar-refractivity contribution in [2.45, 2.75) is 32.5 Å². The molecule has 1 amide bonds. The summed E-state index contributed by atoms with van der Waals surface area (Å²) < 4.78 is 17.2. The summed E-state index contributed by atoms with van der Waals surface area (Å²) in [5, 5.41) is 13.9. The standard InChI is InChI=1S/C28H36N4O4/c1-30-25(16-24(29)22-9-10-22)28(33)31-17-23-7-4-8-26(27(23)34-2)36-19-21-6-3-5-20(15-21)18-32-11-13-35-14-12-32/h3-8,15-16,22,29-30H,9-14,17-19H2,1-2H3,(H,31,33)/b25-16-,29-24?. The molecule has 2 fully saturated rings. The average molecular weight is 493 g/mol. The van der Waals surface area contributed by atoms with Gasteiger partial charge in [-0.05, 0) is 36.1 Å². The molecule has 3 N–H and O–H groups in total. The van der Waals surface area contributed by atoms with Crippen LogP contribution in [0.3, 0.4) is 0 Å². The van der Waals surface area contributed by atoms with Crippen molar-refractivity contribution < 1.29 is 19.0 Å². The Morgan fingerprint density at radius 2 is 1.92 bits per heavy atom. The van der Waals surface area contributed by atoms with Crippen LogP contribution >= 0.6 is 0 Å². The van der Waals surface area contributed by atoms with Gasteiger partial charge in [-0.25, -0.2) is 0 Å². The van der Waals surface area contributed by atoms with Crippen molar-refractivity contribution in [3.8, 4) is 11.5 Å². The molecular weight excluding hydrogens is 456 g/mol. The first kappa shape index (κ1) is 25.7. The number of ether oxygens (including phenoxy) is 3. The van der Waals surface area contributed by atoms with Gasteiger partial charge in [-0.3, -0.25) is 9.69 Å². The fourth-order valence-electron chi connectivity index (χ4n) is 4.23. The second-order valence-corrected chi connectivity index (χ2v) is 9.17. The fraction of sp³-hybridized carbons (Fsp3) is 0.429. The van der Waals surface area contributed by atoms with E-state index in [4.69, 9.17) is 19.6 Å². The van der Waals surface area contributed by atoms with Crippen LogP contribution in [-0.4, -0.2) is 57.0 Å². The molecule has 1 saturated carbocycles. The summed E-state index contributed by atoms with van der Waals surface area (Å²) in [6, 6.07) is 14.1. The number of nitrogens with one attached hydrogen (secondary N) is 3. The van der Waals surface area contributed by atoms with E-state index in [1.165, 1.54) is 5.56 Å². The van der Waals surface area contributed by atoms with Gasteiger partial charge in [0, 0.05) is 50.4 Å². The molecule has 0 spiro atoms. The molecule has 0 atom stereocenters. The van der Waals surface area contributed by atoms with Crippen molar-refractivity contribution in [3.63, 3.8) is 0 Å². The molecule has 2 aliphatic rings.